The molecule has 1 heterocycles. The third-order valence-corrected chi connectivity index (χ3v) is 2.53. The summed E-state index contributed by atoms with van der Waals surface area (Å²) in [5.41, 5.74) is 2.39. The van der Waals surface area contributed by atoms with Crippen LogP contribution in [0.4, 0.5) is 0 Å². The van der Waals surface area contributed by atoms with Gasteiger partial charge in [0.15, 0.2) is 0 Å². The second kappa shape index (κ2) is 3.79. The van der Waals surface area contributed by atoms with Crippen LogP contribution in [0, 0.1) is 0 Å². The van der Waals surface area contributed by atoms with Crippen LogP contribution in [0.15, 0.2) is 47.1 Å². The van der Waals surface area contributed by atoms with E-state index < -0.39 is 0 Å². The van der Waals surface area contributed by atoms with E-state index in [9.17, 15) is 0 Å². The number of furan rings is 1. The SMILES string of the molecule is BrCc1cccc(-c2ccco2)c1. The van der Waals surface area contributed by atoms with Gasteiger partial charge in [-0.25, -0.2) is 0 Å². The molecule has 0 aliphatic heterocycles. The molecule has 2 rings (SSSR count). The lowest BCUT2D eigenvalue weighted by atomic mass is 10.1. The molecule has 1 aromatic heterocycles. The summed E-state index contributed by atoms with van der Waals surface area (Å²) in [4.78, 5) is 0. The van der Waals surface area contributed by atoms with Crippen LogP contribution in [0.25, 0.3) is 11.3 Å². The lowest BCUT2D eigenvalue weighted by molar-refractivity contribution is 0.582. The van der Waals surface area contributed by atoms with Crippen LogP contribution in [-0.4, -0.2) is 0 Å². The highest BCUT2D eigenvalue weighted by atomic mass is 79.9. The zero-order chi connectivity index (χ0) is 9.10. The molecule has 2 heteroatoms. The maximum atomic E-state index is 5.30. The summed E-state index contributed by atoms with van der Waals surface area (Å²) in [6, 6.07) is 12.2. The Hall–Kier alpha value is -1.02. The van der Waals surface area contributed by atoms with E-state index in [0.717, 1.165) is 16.7 Å². The Kier molecular flexibility index (Phi) is 2.50. The molecule has 66 valence electrons. The van der Waals surface area contributed by atoms with Crippen molar-refractivity contribution in [3.05, 3.63) is 48.2 Å². The van der Waals surface area contributed by atoms with Crippen LogP contribution >= 0.6 is 15.9 Å². The first kappa shape index (κ1) is 8.57. The van der Waals surface area contributed by atoms with E-state index in [1.165, 1.54) is 5.56 Å². The van der Waals surface area contributed by atoms with Crippen LogP contribution in [0.2, 0.25) is 0 Å². The number of hydrogen-bond donors (Lipinski definition) is 0. The standard InChI is InChI=1S/C11H9BrO/c12-8-9-3-1-4-10(7-9)11-5-2-6-13-11/h1-7H,8H2. The first-order chi connectivity index (χ1) is 6.40. The van der Waals surface area contributed by atoms with Crippen molar-refractivity contribution in [3.8, 4) is 11.3 Å². The summed E-state index contributed by atoms with van der Waals surface area (Å²) in [6.45, 7) is 0. The molecule has 0 radical (unpaired) electrons. The molecule has 0 spiro atoms. The fraction of sp³-hybridized carbons (Fsp3) is 0.0909. The Bertz CT molecular complexity index is 379. The van der Waals surface area contributed by atoms with E-state index in [1.807, 2.05) is 24.3 Å². The Morgan fingerprint density at radius 1 is 1.15 bits per heavy atom. The second-order valence-corrected chi connectivity index (χ2v) is 3.37. The number of alkyl halides is 1. The summed E-state index contributed by atoms with van der Waals surface area (Å²) in [6.07, 6.45) is 1.69. The largest absolute Gasteiger partial charge is 0.464 e. The van der Waals surface area contributed by atoms with Crippen molar-refractivity contribution in [2.75, 3.05) is 0 Å². The normalized spacial score (nSPS) is 10.2. The van der Waals surface area contributed by atoms with E-state index in [4.69, 9.17) is 4.42 Å². The van der Waals surface area contributed by atoms with Gasteiger partial charge in [0.05, 0.1) is 6.26 Å². The van der Waals surface area contributed by atoms with Crippen molar-refractivity contribution < 1.29 is 4.42 Å². The quantitative estimate of drug-likeness (QED) is 0.723. The Labute approximate surface area is 85.5 Å². The Morgan fingerprint density at radius 2 is 2.08 bits per heavy atom. The fourth-order valence-corrected chi connectivity index (χ4v) is 1.60. The molecule has 13 heavy (non-hydrogen) atoms. The molecule has 0 bridgehead atoms. The summed E-state index contributed by atoms with van der Waals surface area (Å²) in [7, 11) is 0. The number of hydrogen-bond acceptors (Lipinski definition) is 1. The molecule has 0 saturated carbocycles. The summed E-state index contributed by atoms with van der Waals surface area (Å²) >= 11 is 3.42. The molecule has 1 nitrogen and oxygen atoms in total. The molecule has 0 aliphatic rings. The topological polar surface area (TPSA) is 13.1 Å². The van der Waals surface area contributed by atoms with Crippen LogP contribution in [0.5, 0.6) is 0 Å². The zero-order valence-corrected chi connectivity index (χ0v) is 8.62. The van der Waals surface area contributed by atoms with Crippen molar-refractivity contribution in [1.82, 2.24) is 0 Å². The van der Waals surface area contributed by atoms with Gasteiger partial charge in [-0.3, -0.25) is 0 Å². The number of halogens is 1. The first-order valence-corrected chi connectivity index (χ1v) is 5.21. The molecule has 0 atom stereocenters. The molecule has 0 N–H and O–H groups in total. The zero-order valence-electron chi connectivity index (χ0n) is 7.03. The van der Waals surface area contributed by atoms with Gasteiger partial charge >= 0.3 is 0 Å². The molecule has 0 unspecified atom stereocenters. The third kappa shape index (κ3) is 1.83. The van der Waals surface area contributed by atoms with Gasteiger partial charge in [-0.05, 0) is 23.8 Å². The lowest BCUT2D eigenvalue weighted by Crippen LogP contribution is -1.78. The van der Waals surface area contributed by atoms with Gasteiger partial charge in [-0.1, -0.05) is 34.1 Å². The molecule has 2 aromatic rings. The van der Waals surface area contributed by atoms with Crippen LogP contribution in [0.3, 0.4) is 0 Å². The van der Waals surface area contributed by atoms with Gasteiger partial charge in [0.2, 0.25) is 0 Å². The smallest absolute Gasteiger partial charge is 0.133 e. The van der Waals surface area contributed by atoms with Crippen molar-refractivity contribution in [3.63, 3.8) is 0 Å². The molecular weight excluding hydrogens is 228 g/mol. The van der Waals surface area contributed by atoms with Gasteiger partial charge in [0.25, 0.3) is 0 Å². The van der Waals surface area contributed by atoms with E-state index in [1.54, 1.807) is 6.26 Å². The summed E-state index contributed by atoms with van der Waals surface area (Å²) in [5.74, 6) is 0.919. The molecule has 0 saturated heterocycles. The Morgan fingerprint density at radius 3 is 2.77 bits per heavy atom. The van der Waals surface area contributed by atoms with Crippen LogP contribution in [0.1, 0.15) is 5.56 Å². The molecule has 0 aliphatic carbocycles. The molecule has 1 aromatic carbocycles. The maximum Gasteiger partial charge on any atom is 0.133 e. The average molecular weight is 237 g/mol. The lowest BCUT2D eigenvalue weighted by Gasteiger charge is -1.98. The number of rotatable bonds is 2. The van der Waals surface area contributed by atoms with E-state index in [-0.39, 0.29) is 0 Å². The fourth-order valence-electron chi connectivity index (χ4n) is 1.25. The molecular formula is C11H9BrO. The van der Waals surface area contributed by atoms with Crippen molar-refractivity contribution >= 4 is 15.9 Å². The van der Waals surface area contributed by atoms with Gasteiger partial charge in [-0.2, -0.15) is 0 Å². The van der Waals surface area contributed by atoms with Gasteiger partial charge in [-0.15, -0.1) is 0 Å². The maximum absolute atomic E-state index is 5.30. The monoisotopic (exact) mass is 236 g/mol. The van der Waals surface area contributed by atoms with E-state index in [0.29, 0.717) is 0 Å². The van der Waals surface area contributed by atoms with Crippen molar-refractivity contribution in [1.29, 1.82) is 0 Å². The predicted molar refractivity (Wildman–Crippen MR) is 56.8 cm³/mol. The third-order valence-electron chi connectivity index (χ3n) is 1.89. The highest BCUT2D eigenvalue weighted by molar-refractivity contribution is 9.08. The first-order valence-electron chi connectivity index (χ1n) is 4.09. The minimum Gasteiger partial charge on any atom is -0.464 e. The van der Waals surface area contributed by atoms with Gasteiger partial charge in [0.1, 0.15) is 5.76 Å². The highest BCUT2D eigenvalue weighted by Crippen LogP contribution is 2.21. The minimum atomic E-state index is 0.877. The van der Waals surface area contributed by atoms with E-state index in [2.05, 4.69) is 28.1 Å². The number of benzene rings is 1. The van der Waals surface area contributed by atoms with Crippen LogP contribution in [-0.2, 0) is 5.33 Å². The van der Waals surface area contributed by atoms with Gasteiger partial charge in [0, 0.05) is 10.9 Å². The second-order valence-electron chi connectivity index (χ2n) is 2.81. The van der Waals surface area contributed by atoms with E-state index >= 15 is 0 Å². The summed E-state index contributed by atoms with van der Waals surface area (Å²) in [5, 5.41) is 0.877. The van der Waals surface area contributed by atoms with Gasteiger partial charge < -0.3 is 4.42 Å². The van der Waals surface area contributed by atoms with Crippen molar-refractivity contribution in [2.24, 2.45) is 0 Å². The van der Waals surface area contributed by atoms with Crippen LogP contribution < -0.4 is 0 Å². The minimum absolute atomic E-state index is 0.877. The van der Waals surface area contributed by atoms with Crippen molar-refractivity contribution in [2.45, 2.75) is 5.33 Å². The predicted octanol–water partition coefficient (Wildman–Crippen LogP) is 3.84. The highest BCUT2D eigenvalue weighted by Gasteiger charge is 1.99. The molecule has 0 fully saturated rings. The Balaban J connectivity index is 2.41. The molecule has 0 amide bonds. The summed E-state index contributed by atoms with van der Waals surface area (Å²) < 4.78 is 5.30. The average Bonchev–Trinajstić information content (AvgIpc) is 2.71.